The van der Waals surface area contributed by atoms with E-state index in [9.17, 15) is 27.6 Å². The predicted octanol–water partition coefficient (Wildman–Crippen LogP) is 2.13. The van der Waals surface area contributed by atoms with Gasteiger partial charge in [-0.2, -0.15) is 13.2 Å². The fourth-order valence-electron chi connectivity index (χ4n) is 4.67. The zero-order valence-corrected chi connectivity index (χ0v) is 15.9. The standard InChI is InChI=1S/C19H21F3N4O4/c20-19(21,22)4-3-13-16(28)26(17(29)25-13)10-6-18(7-10)8-11(9-18)30-15-12(14(23)27)2-1-5-24-15/h1-2,5,10-11,13H,3-4,6-9H2,(H2,23,27)(H,25,29)/t10-,11-,13?,18?. The summed E-state index contributed by atoms with van der Waals surface area (Å²) >= 11 is 0. The molecule has 162 valence electrons. The quantitative estimate of drug-likeness (QED) is 0.677. The minimum atomic E-state index is -4.37. The number of halogens is 3. The van der Waals surface area contributed by atoms with E-state index < -0.39 is 42.9 Å². The lowest BCUT2D eigenvalue weighted by molar-refractivity contribution is -0.144. The van der Waals surface area contributed by atoms with E-state index in [0.29, 0.717) is 25.7 Å². The van der Waals surface area contributed by atoms with Gasteiger partial charge in [-0.1, -0.05) is 0 Å². The SMILES string of the molecule is NC(=O)c1cccnc1O[C@H]1CC2(C1)C[C@H](N1C(=O)NC(CCC(F)(F)F)C1=O)C2. The van der Waals surface area contributed by atoms with Gasteiger partial charge in [0, 0.05) is 18.7 Å². The maximum atomic E-state index is 12.4. The van der Waals surface area contributed by atoms with Crippen LogP contribution in [0.25, 0.3) is 0 Å². The first-order valence-corrected chi connectivity index (χ1v) is 9.69. The number of ether oxygens (including phenoxy) is 1. The number of alkyl halides is 3. The van der Waals surface area contributed by atoms with Crippen molar-refractivity contribution >= 4 is 17.8 Å². The molecule has 1 spiro atoms. The zero-order chi connectivity index (χ0) is 21.7. The van der Waals surface area contributed by atoms with Crippen molar-refractivity contribution in [3.8, 4) is 5.88 Å². The second kappa shape index (κ2) is 7.13. The molecule has 3 aliphatic rings. The highest BCUT2D eigenvalue weighted by Crippen LogP contribution is 2.58. The lowest BCUT2D eigenvalue weighted by atomic mass is 9.52. The van der Waals surface area contributed by atoms with Gasteiger partial charge in [0.15, 0.2) is 0 Å². The molecule has 3 N–H and O–H groups in total. The number of aromatic nitrogens is 1. The predicted molar refractivity (Wildman–Crippen MR) is 96.3 cm³/mol. The molecule has 4 rings (SSSR count). The molecule has 1 atom stereocenters. The van der Waals surface area contributed by atoms with Crippen LogP contribution in [-0.2, 0) is 4.79 Å². The van der Waals surface area contributed by atoms with E-state index in [1.807, 2.05) is 0 Å². The summed E-state index contributed by atoms with van der Waals surface area (Å²) in [5, 5.41) is 2.36. The fraction of sp³-hybridized carbons (Fsp3) is 0.579. The number of pyridine rings is 1. The average Bonchev–Trinajstić information content (AvgIpc) is 2.87. The average molecular weight is 426 g/mol. The summed E-state index contributed by atoms with van der Waals surface area (Å²) < 4.78 is 43.0. The van der Waals surface area contributed by atoms with Crippen molar-refractivity contribution in [1.82, 2.24) is 15.2 Å². The van der Waals surface area contributed by atoms with E-state index in [-0.39, 0.29) is 29.0 Å². The Hall–Kier alpha value is -2.85. The Morgan fingerprint density at radius 1 is 1.30 bits per heavy atom. The van der Waals surface area contributed by atoms with E-state index in [2.05, 4.69) is 10.3 Å². The van der Waals surface area contributed by atoms with Crippen LogP contribution in [-0.4, -0.2) is 52.1 Å². The molecular weight excluding hydrogens is 405 g/mol. The van der Waals surface area contributed by atoms with Gasteiger partial charge in [-0.15, -0.1) is 0 Å². The molecule has 1 aliphatic heterocycles. The molecule has 3 fully saturated rings. The number of imide groups is 1. The Morgan fingerprint density at radius 3 is 2.63 bits per heavy atom. The van der Waals surface area contributed by atoms with Gasteiger partial charge in [-0.05, 0) is 49.7 Å². The minimum Gasteiger partial charge on any atom is -0.474 e. The topological polar surface area (TPSA) is 115 Å². The second-order valence-corrected chi connectivity index (χ2v) is 8.29. The Labute approximate surface area is 169 Å². The van der Waals surface area contributed by atoms with Crippen LogP contribution < -0.4 is 15.8 Å². The summed E-state index contributed by atoms with van der Waals surface area (Å²) in [6, 6.07) is 1.06. The van der Waals surface area contributed by atoms with E-state index in [0.717, 1.165) is 4.90 Å². The van der Waals surface area contributed by atoms with Crippen molar-refractivity contribution < 1.29 is 32.3 Å². The summed E-state index contributed by atoms with van der Waals surface area (Å²) in [7, 11) is 0. The van der Waals surface area contributed by atoms with Crippen LogP contribution in [0.15, 0.2) is 18.3 Å². The van der Waals surface area contributed by atoms with Crippen molar-refractivity contribution in [3.63, 3.8) is 0 Å². The monoisotopic (exact) mass is 426 g/mol. The van der Waals surface area contributed by atoms with E-state index in [1.165, 1.54) is 12.3 Å². The zero-order valence-electron chi connectivity index (χ0n) is 15.9. The Kier molecular flexibility index (Phi) is 4.86. The summed E-state index contributed by atoms with van der Waals surface area (Å²) in [6.45, 7) is 0. The first kappa shape index (κ1) is 20.4. The highest BCUT2D eigenvalue weighted by Gasteiger charge is 2.58. The van der Waals surface area contributed by atoms with Crippen LogP contribution in [0.4, 0.5) is 18.0 Å². The van der Waals surface area contributed by atoms with Gasteiger partial charge < -0.3 is 15.8 Å². The highest BCUT2D eigenvalue weighted by molar-refractivity contribution is 6.04. The number of carbonyl (C=O) groups excluding carboxylic acids is 3. The van der Waals surface area contributed by atoms with Crippen LogP contribution >= 0.6 is 0 Å². The molecule has 2 heterocycles. The molecule has 2 saturated carbocycles. The maximum Gasteiger partial charge on any atom is 0.389 e. The number of nitrogens with one attached hydrogen (secondary N) is 1. The van der Waals surface area contributed by atoms with Gasteiger partial charge in [0.2, 0.25) is 5.88 Å². The number of hydrogen-bond donors (Lipinski definition) is 2. The third kappa shape index (κ3) is 3.80. The van der Waals surface area contributed by atoms with Crippen molar-refractivity contribution in [2.75, 3.05) is 0 Å². The summed E-state index contributed by atoms with van der Waals surface area (Å²) in [6.07, 6.45) is -2.06. The normalized spacial score (nSPS) is 30.6. The third-order valence-corrected chi connectivity index (χ3v) is 6.11. The Bertz CT molecular complexity index is 877. The number of primary amides is 1. The molecule has 1 aromatic heterocycles. The highest BCUT2D eigenvalue weighted by atomic mass is 19.4. The molecule has 2 aliphatic carbocycles. The molecule has 0 radical (unpaired) electrons. The molecule has 4 amide bonds. The molecule has 1 unspecified atom stereocenters. The first-order chi connectivity index (χ1) is 14.1. The summed E-state index contributed by atoms with van der Waals surface area (Å²) in [5.41, 5.74) is 5.45. The van der Waals surface area contributed by atoms with Crippen LogP contribution in [0.2, 0.25) is 0 Å². The number of hydrogen-bond acceptors (Lipinski definition) is 5. The fourth-order valence-corrected chi connectivity index (χ4v) is 4.67. The molecule has 1 saturated heterocycles. The number of urea groups is 1. The van der Waals surface area contributed by atoms with Crippen LogP contribution in [0, 0.1) is 5.41 Å². The lowest BCUT2D eigenvalue weighted by Gasteiger charge is -2.58. The molecular formula is C19H21F3N4O4. The number of amides is 4. The smallest absolute Gasteiger partial charge is 0.389 e. The van der Waals surface area contributed by atoms with Gasteiger partial charge in [0.1, 0.15) is 17.7 Å². The van der Waals surface area contributed by atoms with Gasteiger partial charge >= 0.3 is 12.2 Å². The van der Waals surface area contributed by atoms with E-state index in [1.54, 1.807) is 6.07 Å². The Balaban J connectivity index is 1.28. The van der Waals surface area contributed by atoms with E-state index >= 15 is 0 Å². The largest absolute Gasteiger partial charge is 0.474 e. The van der Waals surface area contributed by atoms with E-state index in [4.69, 9.17) is 10.5 Å². The third-order valence-electron chi connectivity index (χ3n) is 6.11. The first-order valence-electron chi connectivity index (χ1n) is 9.69. The second-order valence-electron chi connectivity index (χ2n) is 8.29. The molecule has 0 aromatic carbocycles. The van der Waals surface area contributed by atoms with Crippen LogP contribution in [0.3, 0.4) is 0 Å². The van der Waals surface area contributed by atoms with Crippen molar-refractivity contribution in [1.29, 1.82) is 0 Å². The molecule has 11 heteroatoms. The summed E-state index contributed by atoms with van der Waals surface area (Å²) in [5.74, 6) is -1.03. The number of nitrogens with two attached hydrogens (primary N) is 1. The van der Waals surface area contributed by atoms with Crippen LogP contribution in [0.5, 0.6) is 5.88 Å². The van der Waals surface area contributed by atoms with Gasteiger partial charge in [-0.25, -0.2) is 9.78 Å². The number of nitrogens with zero attached hydrogens (tertiary/aromatic N) is 2. The maximum absolute atomic E-state index is 12.4. The number of carbonyl (C=O) groups is 3. The lowest BCUT2D eigenvalue weighted by Crippen LogP contribution is -2.60. The molecule has 0 bridgehead atoms. The van der Waals surface area contributed by atoms with Crippen molar-refractivity contribution in [2.45, 2.75) is 62.9 Å². The van der Waals surface area contributed by atoms with Crippen molar-refractivity contribution in [2.24, 2.45) is 11.1 Å². The van der Waals surface area contributed by atoms with Gasteiger partial charge in [0.05, 0.1) is 0 Å². The molecule has 1 aromatic rings. The minimum absolute atomic E-state index is 0.0678. The summed E-state index contributed by atoms with van der Waals surface area (Å²) in [4.78, 5) is 41.1. The van der Waals surface area contributed by atoms with Gasteiger partial charge in [-0.3, -0.25) is 14.5 Å². The van der Waals surface area contributed by atoms with Crippen molar-refractivity contribution in [3.05, 3.63) is 23.9 Å². The molecule has 8 nitrogen and oxygen atoms in total. The number of rotatable bonds is 6. The molecule has 30 heavy (non-hydrogen) atoms. The van der Waals surface area contributed by atoms with Gasteiger partial charge in [0.25, 0.3) is 11.8 Å². The van der Waals surface area contributed by atoms with Crippen LogP contribution in [0.1, 0.15) is 48.9 Å². The Morgan fingerprint density at radius 2 is 2.00 bits per heavy atom.